The van der Waals surface area contributed by atoms with E-state index in [0.717, 1.165) is 0 Å². The fourth-order valence-electron chi connectivity index (χ4n) is 2.54. The zero-order valence-electron chi connectivity index (χ0n) is 11.0. The predicted octanol–water partition coefficient (Wildman–Crippen LogP) is -5.06. The molecular weight excluding hydrogens is 290 g/mol. The largest absolute Gasteiger partial charge is 0.390 e. The maximum absolute atomic E-state index is 9.97. The Morgan fingerprint density at radius 2 is 1.43 bits per heavy atom. The number of ether oxygens (including phenoxy) is 2. The van der Waals surface area contributed by atoms with Gasteiger partial charge in [-0.1, -0.05) is 0 Å². The van der Waals surface area contributed by atoms with E-state index in [1.807, 2.05) is 0 Å². The van der Waals surface area contributed by atoms with E-state index < -0.39 is 61.3 Å². The number of rotatable bonds is 3. The van der Waals surface area contributed by atoms with E-state index in [2.05, 4.69) is 0 Å². The Labute approximate surface area is 120 Å². The van der Waals surface area contributed by atoms with Crippen LogP contribution in [0, 0.1) is 0 Å². The van der Waals surface area contributed by atoms with Crippen LogP contribution < -0.4 is 5.73 Å². The molecule has 0 amide bonds. The average Bonchev–Trinajstić information content (AvgIpc) is 2.70. The Balaban J connectivity index is 1.98. The first-order valence-corrected chi connectivity index (χ1v) is 6.57. The van der Waals surface area contributed by atoms with Gasteiger partial charge in [0.05, 0.1) is 18.2 Å². The van der Waals surface area contributed by atoms with E-state index in [4.69, 9.17) is 15.2 Å². The molecule has 9 N–H and O–H groups in total. The van der Waals surface area contributed by atoms with Crippen molar-refractivity contribution in [2.45, 2.75) is 67.8 Å². The Kier molecular flexibility index (Phi) is 5.15. The lowest BCUT2D eigenvalue weighted by molar-refractivity contribution is -0.251. The molecule has 0 aliphatic carbocycles. The second kappa shape index (κ2) is 6.38. The molecule has 2 aliphatic rings. The summed E-state index contributed by atoms with van der Waals surface area (Å²) in [5, 5.41) is 67.1. The molecule has 0 aromatic rings. The number of nitrogens with two attached hydrogens (primary N) is 1. The predicted molar refractivity (Wildman–Crippen MR) is 64.4 cm³/mol. The van der Waals surface area contributed by atoms with Gasteiger partial charge in [0, 0.05) is 6.42 Å². The van der Waals surface area contributed by atoms with Crippen LogP contribution in [0.3, 0.4) is 0 Å². The topological polar surface area (TPSA) is 186 Å². The molecule has 10 heteroatoms. The van der Waals surface area contributed by atoms with Gasteiger partial charge in [-0.2, -0.15) is 0 Å². The molecule has 124 valence electrons. The van der Waals surface area contributed by atoms with Gasteiger partial charge < -0.3 is 51.0 Å². The Hall–Kier alpha value is -0.400. The Bertz CT molecular complexity index is 359. The summed E-state index contributed by atoms with van der Waals surface area (Å²) in [5.74, 6) is 0. The van der Waals surface area contributed by atoms with E-state index in [9.17, 15) is 35.7 Å². The van der Waals surface area contributed by atoms with Gasteiger partial charge >= 0.3 is 0 Å². The van der Waals surface area contributed by atoms with E-state index in [0.29, 0.717) is 0 Å². The third-order valence-electron chi connectivity index (χ3n) is 3.90. The summed E-state index contributed by atoms with van der Waals surface area (Å²) >= 11 is 0. The smallest absolute Gasteiger partial charge is 0.184 e. The molecular formula is C11H21NO9. The van der Waals surface area contributed by atoms with Crippen LogP contribution >= 0.6 is 0 Å². The van der Waals surface area contributed by atoms with Crippen LogP contribution in [0.5, 0.6) is 0 Å². The van der Waals surface area contributed by atoms with Crippen molar-refractivity contribution in [2.24, 2.45) is 5.73 Å². The summed E-state index contributed by atoms with van der Waals surface area (Å²) in [6.45, 7) is 0. The summed E-state index contributed by atoms with van der Waals surface area (Å²) in [7, 11) is 0. The van der Waals surface area contributed by atoms with Crippen LogP contribution in [0.2, 0.25) is 0 Å². The second-order valence-electron chi connectivity index (χ2n) is 5.40. The van der Waals surface area contributed by atoms with Gasteiger partial charge in [0.25, 0.3) is 0 Å². The zero-order chi connectivity index (χ0) is 15.9. The number of aliphatic hydroxyl groups excluding tert-OH is 7. The highest BCUT2D eigenvalue weighted by Crippen LogP contribution is 2.27. The summed E-state index contributed by atoms with van der Waals surface area (Å²) in [6, 6.07) is -1.19. The first kappa shape index (κ1) is 17.0. The van der Waals surface area contributed by atoms with Crippen LogP contribution in [-0.4, -0.2) is 97.1 Å². The lowest BCUT2D eigenvalue weighted by atomic mass is 9.92. The number of hydrogen-bond acceptors (Lipinski definition) is 10. The molecule has 2 saturated heterocycles. The van der Waals surface area contributed by atoms with Crippen LogP contribution in [0.25, 0.3) is 0 Å². The first-order chi connectivity index (χ1) is 9.73. The summed E-state index contributed by atoms with van der Waals surface area (Å²) in [4.78, 5) is 0. The highest BCUT2D eigenvalue weighted by molar-refractivity contribution is 4.95. The minimum atomic E-state index is -1.64. The SMILES string of the molecule is N[C@H]1C(O)O[C@H](CC(O)[C@H]2O[C@@H](O)[C@H](O)[C@@H]2O)[C@H](O)[C@@H]1O. The summed E-state index contributed by atoms with van der Waals surface area (Å²) in [6.07, 6.45) is -13.3. The van der Waals surface area contributed by atoms with E-state index >= 15 is 0 Å². The lowest BCUT2D eigenvalue weighted by Gasteiger charge is -2.40. The van der Waals surface area contributed by atoms with Gasteiger partial charge in [-0.3, -0.25) is 0 Å². The van der Waals surface area contributed by atoms with Crippen molar-refractivity contribution in [1.29, 1.82) is 0 Å². The van der Waals surface area contributed by atoms with Gasteiger partial charge in [-0.25, -0.2) is 0 Å². The third kappa shape index (κ3) is 3.19. The molecule has 2 aliphatic heterocycles. The normalized spacial score (nSPS) is 52.9. The van der Waals surface area contributed by atoms with Gasteiger partial charge in [-0.05, 0) is 0 Å². The lowest BCUT2D eigenvalue weighted by Crippen LogP contribution is -2.61. The van der Waals surface area contributed by atoms with Crippen molar-refractivity contribution in [2.75, 3.05) is 0 Å². The van der Waals surface area contributed by atoms with Crippen LogP contribution in [0.15, 0.2) is 0 Å². The van der Waals surface area contributed by atoms with Crippen molar-refractivity contribution in [1.82, 2.24) is 0 Å². The molecule has 2 fully saturated rings. The van der Waals surface area contributed by atoms with Crippen molar-refractivity contribution in [3.05, 3.63) is 0 Å². The van der Waals surface area contributed by atoms with Gasteiger partial charge in [-0.15, -0.1) is 0 Å². The second-order valence-corrected chi connectivity index (χ2v) is 5.40. The van der Waals surface area contributed by atoms with Crippen molar-refractivity contribution >= 4 is 0 Å². The molecule has 0 bridgehead atoms. The molecule has 0 spiro atoms. The van der Waals surface area contributed by atoms with Gasteiger partial charge in [0.1, 0.15) is 30.5 Å². The molecule has 2 rings (SSSR count). The molecule has 21 heavy (non-hydrogen) atoms. The van der Waals surface area contributed by atoms with Crippen molar-refractivity contribution in [3.63, 3.8) is 0 Å². The summed E-state index contributed by atoms with van der Waals surface area (Å²) < 4.78 is 9.82. The molecule has 2 heterocycles. The molecule has 10 nitrogen and oxygen atoms in total. The fourth-order valence-corrected chi connectivity index (χ4v) is 2.54. The molecule has 2 unspecified atom stereocenters. The molecule has 0 radical (unpaired) electrons. The maximum Gasteiger partial charge on any atom is 0.184 e. The number of aliphatic hydroxyl groups is 7. The van der Waals surface area contributed by atoms with Crippen molar-refractivity contribution in [3.8, 4) is 0 Å². The van der Waals surface area contributed by atoms with Crippen LogP contribution in [-0.2, 0) is 9.47 Å². The molecule has 0 saturated carbocycles. The maximum atomic E-state index is 9.97. The molecule has 0 aromatic heterocycles. The first-order valence-electron chi connectivity index (χ1n) is 6.57. The quantitative estimate of drug-likeness (QED) is 0.250. The Morgan fingerprint density at radius 1 is 0.810 bits per heavy atom. The zero-order valence-corrected chi connectivity index (χ0v) is 11.0. The van der Waals surface area contributed by atoms with Crippen LogP contribution in [0.4, 0.5) is 0 Å². The van der Waals surface area contributed by atoms with E-state index in [-0.39, 0.29) is 6.42 Å². The minimum Gasteiger partial charge on any atom is -0.390 e. The average molecular weight is 311 g/mol. The minimum absolute atomic E-state index is 0.316. The van der Waals surface area contributed by atoms with Gasteiger partial charge in [0.15, 0.2) is 12.6 Å². The fraction of sp³-hybridized carbons (Fsp3) is 1.00. The van der Waals surface area contributed by atoms with E-state index in [1.54, 1.807) is 0 Å². The third-order valence-corrected chi connectivity index (χ3v) is 3.90. The standard InChI is InChI=1S/C11H21NO9/c12-4-6(15)5(14)3(20-10(4)18)1-2(13)9-7(16)8(17)11(19)21-9/h2-11,13-19H,1,12H2/t2?,3-,4-,5+,6-,7+,8-,9-,10?,11-/m1/s1. The number of hydrogen-bond donors (Lipinski definition) is 8. The van der Waals surface area contributed by atoms with E-state index in [1.165, 1.54) is 0 Å². The van der Waals surface area contributed by atoms with Crippen molar-refractivity contribution < 1.29 is 45.2 Å². The van der Waals surface area contributed by atoms with Crippen LogP contribution in [0.1, 0.15) is 6.42 Å². The summed E-state index contributed by atoms with van der Waals surface area (Å²) in [5.41, 5.74) is 5.41. The molecule has 10 atom stereocenters. The molecule has 0 aromatic carbocycles. The highest BCUT2D eigenvalue weighted by Gasteiger charge is 2.48. The monoisotopic (exact) mass is 311 g/mol. The van der Waals surface area contributed by atoms with Gasteiger partial charge in [0.2, 0.25) is 0 Å². The Morgan fingerprint density at radius 3 is 1.95 bits per heavy atom. The highest BCUT2D eigenvalue weighted by atomic mass is 16.7.